The molecular weight excluding hydrogens is 271 g/mol. The van der Waals surface area contributed by atoms with Gasteiger partial charge in [-0.3, -0.25) is 14.7 Å². The molecular formula is C16H19FN2O2. The average Bonchev–Trinajstić information content (AvgIpc) is 2.40. The zero-order valence-corrected chi connectivity index (χ0v) is 12.4. The van der Waals surface area contributed by atoms with Crippen molar-refractivity contribution in [1.29, 1.82) is 0 Å². The number of aromatic nitrogens is 1. The lowest BCUT2D eigenvalue weighted by Crippen LogP contribution is -2.43. The summed E-state index contributed by atoms with van der Waals surface area (Å²) in [6.45, 7) is 6.19. The second-order valence-electron chi connectivity index (χ2n) is 6.03. The quantitative estimate of drug-likeness (QED) is 0.940. The third-order valence-electron chi connectivity index (χ3n) is 3.44. The third-order valence-corrected chi connectivity index (χ3v) is 3.44. The van der Waals surface area contributed by atoms with Crippen LogP contribution in [0.5, 0.6) is 0 Å². The van der Waals surface area contributed by atoms with Crippen molar-refractivity contribution in [2.24, 2.45) is 0 Å². The lowest BCUT2D eigenvalue weighted by Gasteiger charge is -2.34. The van der Waals surface area contributed by atoms with Crippen LogP contribution in [0.3, 0.4) is 0 Å². The molecule has 1 aromatic carbocycles. The molecule has 0 aliphatic rings. The molecule has 0 amide bonds. The van der Waals surface area contributed by atoms with Crippen LogP contribution >= 0.6 is 0 Å². The van der Waals surface area contributed by atoms with Gasteiger partial charge < -0.3 is 5.11 Å². The van der Waals surface area contributed by atoms with Crippen LogP contribution in [-0.2, 0) is 11.3 Å². The van der Waals surface area contributed by atoms with E-state index >= 15 is 0 Å². The topological polar surface area (TPSA) is 53.4 Å². The van der Waals surface area contributed by atoms with Gasteiger partial charge in [-0.2, -0.15) is 0 Å². The maximum atomic E-state index is 13.8. The van der Waals surface area contributed by atoms with Gasteiger partial charge in [0, 0.05) is 23.7 Å². The number of rotatable bonds is 4. The van der Waals surface area contributed by atoms with Crippen molar-refractivity contribution >= 4 is 16.9 Å². The van der Waals surface area contributed by atoms with Crippen LogP contribution in [0.25, 0.3) is 10.9 Å². The summed E-state index contributed by atoms with van der Waals surface area (Å²) >= 11 is 0. The molecule has 0 aliphatic carbocycles. The second-order valence-corrected chi connectivity index (χ2v) is 6.03. The summed E-state index contributed by atoms with van der Waals surface area (Å²) in [5.41, 5.74) is 1.09. The summed E-state index contributed by atoms with van der Waals surface area (Å²) in [4.78, 5) is 17.1. The first-order chi connectivity index (χ1) is 9.79. The molecule has 0 radical (unpaired) electrons. The van der Waals surface area contributed by atoms with Crippen molar-refractivity contribution < 1.29 is 14.3 Å². The van der Waals surface area contributed by atoms with Gasteiger partial charge in [0.15, 0.2) is 0 Å². The summed E-state index contributed by atoms with van der Waals surface area (Å²) < 4.78 is 13.8. The molecule has 112 valence electrons. The van der Waals surface area contributed by atoms with Crippen LogP contribution in [0.15, 0.2) is 30.5 Å². The number of hydrogen-bond acceptors (Lipinski definition) is 3. The minimum atomic E-state index is -0.885. The van der Waals surface area contributed by atoms with Crippen molar-refractivity contribution in [3.05, 3.63) is 41.8 Å². The minimum Gasteiger partial charge on any atom is -0.480 e. The normalized spacial score (nSPS) is 12.0. The van der Waals surface area contributed by atoms with Crippen LogP contribution in [0.4, 0.5) is 4.39 Å². The molecule has 2 aromatic rings. The molecule has 0 saturated carbocycles. The number of pyridine rings is 1. The Balaban J connectivity index is 2.42. The zero-order chi connectivity index (χ0) is 15.6. The van der Waals surface area contributed by atoms with E-state index < -0.39 is 5.97 Å². The number of fused-ring (bicyclic) bond motifs is 1. The molecule has 2 rings (SSSR count). The molecule has 21 heavy (non-hydrogen) atoms. The maximum Gasteiger partial charge on any atom is 0.317 e. The van der Waals surface area contributed by atoms with Crippen molar-refractivity contribution in [3.8, 4) is 0 Å². The molecule has 4 nitrogen and oxygen atoms in total. The van der Waals surface area contributed by atoms with E-state index in [1.54, 1.807) is 24.4 Å². The smallest absolute Gasteiger partial charge is 0.317 e. The van der Waals surface area contributed by atoms with E-state index in [2.05, 4.69) is 4.98 Å². The number of halogens is 1. The molecule has 0 saturated heterocycles. The van der Waals surface area contributed by atoms with Crippen LogP contribution in [0, 0.1) is 5.82 Å². The van der Waals surface area contributed by atoms with Gasteiger partial charge in [0.1, 0.15) is 5.82 Å². The second kappa shape index (κ2) is 5.77. The standard InChI is InChI=1S/C16H19FN2O2/c1-16(2,3)19(10-14(20)21)9-11-6-7-13(17)12-5-4-8-18-15(11)12/h4-8H,9-10H2,1-3H3,(H,20,21). The largest absolute Gasteiger partial charge is 0.480 e. The Hall–Kier alpha value is -2.01. The zero-order valence-electron chi connectivity index (χ0n) is 12.4. The Morgan fingerprint density at radius 2 is 2.05 bits per heavy atom. The highest BCUT2D eigenvalue weighted by atomic mass is 19.1. The lowest BCUT2D eigenvalue weighted by atomic mass is 10.0. The maximum absolute atomic E-state index is 13.8. The van der Waals surface area contributed by atoms with Gasteiger partial charge in [-0.25, -0.2) is 4.39 Å². The molecule has 0 fully saturated rings. The van der Waals surface area contributed by atoms with E-state index in [9.17, 15) is 9.18 Å². The van der Waals surface area contributed by atoms with Crippen LogP contribution < -0.4 is 0 Å². The van der Waals surface area contributed by atoms with E-state index in [0.717, 1.165) is 5.56 Å². The minimum absolute atomic E-state index is 0.0742. The molecule has 0 bridgehead atoms. The van der Waals surface area contributed by atoms with E-state index in [0.29, 0.717) is 17.4 Å². The van der Waals surface area contributed by atoms with Crippen molar-refractivity contribution in [1.82, 2.24) is 9.88 Å². The van der Waals surface area contributed by atoms with Gasteiger partial charge in [0.05, 0.1) is 12.1 Å². The molecule has 0 unspecified atom stereocenters. The van der Waals surface area contributed by atoms with Gasteiger partial charge in [-0.05, 0) is 44.5 Å². The van der Waals surface area contributed by atoms with E-state index in [1.165, 1.54) is 6.07 Å². The van der Waals surface area contributed by atoms with Gasteiger partial charge in [-0.1, -0.05) is 6.07 Å². The van der Waals surface area contributed by atoms with Gasteiger partial charge >= 0.3 is 5.97 Å². The number of benzene rings is 1. The first-order valence-corrected chi connectivity index (χ1v) is 6.78. The number of nitrogens with zero attached hydrogens (tertiary/aromatic N) is 2. The number of carboxylic acid groups (broad SMARTS) is 1. The molecule has 1 aromatic heterocycles. The number of hydrogen-bond donors (Lipinski definition) is 1. The van der Waals surface area contributed by atoms with E-state index in [-0.39, 0.29) is 17.9 Å². The highest BCUT2D eigenvalue weighted by molar-refractivity contribution is 5.82. The highest BCUT2D eigenvalue weighted by Crippen LogP contribution is 2.23. The molecule has 5 heteroatoms. The fourth-order valence-electron chi connectivity index (χ4n) is 2.22. The van der Waals surface area contributed by atoms with Gasteiger partial charge in [-0.15, -0.1) is 0 Å². The molecule has 1 N–H and O–H groups in total. The Morgan fingerprint density at radius 1 is 1.33 bits per heavy atom. The van der Waals surface area contributed by atoms with E-state index in [4.69, 9.17) is 5.11 Å². The summed E-state index contributed by atoms with van der Waals surface area (Å²) in [6, 6.07) is 6.44. The Kier molecular flexibility index (Phi) is 4.23. The average molecular weight is 290 g/mol. The Morgan fingerprint density at radius 3 is 2.67 bits per heavy atom. The third kappa shape index (κ3) is 3.55. The van der Waals surface area contributed by atoms with Crippen LogP contribution in [0.2, 0.25) is 0 Å². The Bertz CT molecular complexity index is 665. The van der Waals surface area contributed by atoms with Crippen molar-refractivity contribution in [2.45, 2.75) is 32.9 Å². The van der Waals surface area contributed by atoms with Crippen LogP contribution in [0.1, 0.15) is 26.3 Å². The predicted molar refractivity (Wildman–Crippen MR) is 79.5 cm³/mol. The highest BCUT2D eigenvalue weighted by Gasteiger charge is 2.24. The summed E-state index contributed by atoms with van der Waals surface area (Å²) in [5, 5.41) is 9.52. The summed E-state index contributed by atoms with van der Waals surface area (Å²) in [5.74, 6) is -1.20. The first kappa shape index (κ1) is 15.4. The number of aliphatic carboxylic acids is 1. The van der Waals surface area contributed by atoms with E-state index in [1.807, 2.05) is 25.7 Å². The van der Waals surface area contributed by atoms with Crippen LogP contribution in [-0.4, -0.2) is 33.0 Å². The SMILES string of the molecule is CC(C)(C)N(CC(=O)O)Cc1ccc(F)c2cccnc12. The number of carbonyl (C=O) groups is 1. The molecule has 1 heterocycles. The number of carboxylic acids is 1. The predicted octanol–water partition coefficient (Wildman–Crippen LogP) is 3.06. The van der Waals surface area contributed by atoms with Gasteiger partial charge in [0.25, 0.3) is 0 Å². The Labute approximate surface area is 123 Å². The molecule has 0 aliphatic heterocycles. The van der Waals surface area contributed by atoms with Crippen molar-refractivity contribution in [2.75, 3.05) is 6.54 Å². The fraction of sp³-hybridized carbons (Fsp3) is 0.375. The van der Waals surface area contributed by atoms with Crippen molar-refractivity contribution in [3.63, 3.8) is 0 Å². The summed E-state index contributed by atoms with van der Waals surface area (Å²) in [7, 11) is 0. The summed E-state index contributed by atoms with van der Waals surface area (Å²) in [6.07, 6.45) is 1.61. The van der Waals surface area contributed by atoms with Gasteiger partial charge in [0.2, 0.25) is 0 Å². The molecule has 0 atom stereocenters. The fourth-order valence-corrected chi connectivity index (χ4v) is 2.22. The monoisotopic (exact) mass is 290 g/mol. The lowest BCUT2D eigenvalue weighted by molar-refractivity contribution is -0.139. The first-order valence-electron chi connectivity index (χ1n) is 6.78. The molecule has 0 spiro atoms.